The van der Waals surface area contributed by atoms with Gasteiger partial charge in [0.05, 0.1) is 13.1 Å². The smallest absolute Gasteiger partial charge is 0.245 e. The first-order valence-electron chi connectivity index (χ1n) is 7.88. The van der Waals surface area contributed by atoms with E-state index in [1.807, 2.05) is 34.6 Å². The third-order valence-corrected chi connectivity index (χ3v) is 4.76. The molecule has 120 valence electrons. The lowest BCUT2D eigenvalue weighted by Crippen LogP contribution is -2.68. The number of hydrogen-bond donors (Lipinski definition) is 1. The van der Waals surface area contributed by atoms with E-state index in [0.717, 1.165) is 12.8 Å². The summed E-state index contributed by atoms with van der Waals surface area (Å²) in [6.07, 6.45) is 1.61. The van der Waals surface area contributed by atoms with Crippen molar-refractivity contribution in [3.8, 4) is 0 Å². The van der Waals surface area contributed by atoms with E-state index in [2.05, 4.69) is 0 Å². The molecule has 0 aliphatic carbocycles. The molecule has 2 fully saturated rings. The topological polar surface area (TPSA) is 60.9 Å². The number of likely N-dealkylation sites (tertiary alicyclic amines) is 2. The zero-order valence-corrected chi connectivity index (χ0v) is 13.8. The predicted octanol–water partition coefficient (Wildman–Crippen LogP) is 1.25. The Balaban J connectivity index is 2.02. The van der Waals surface area contributed by atoms with E-state index in [1.54, 1.807) is 9.80 Å². The van der Waals surface area contributed by atoms with Crippen molar-refractivity contribution in [2.24, 2.45) is 11.3 Å². The molecule has 2 aliphatic heterocycles. The highest BCUT2D eigenvalue weighted by Gasteiger charge is 2.49. The van der Waals surface area contributed by atoms with Gasteiger partial charge in [-0.15, -0.1) is 0 Å². The summed E-state index contributed by atoms with van der Waals surface area (Å²) in [4.78, 5) is 28.5. The van der Waals surface area contributed by atoms with Gasteiger partial charge in [0.1, 0.15) is 11.6 Å². The molecule has 0 aromatic heterocycles. The lowest BCUT2D eigenvalue weighted by molar-refractivity contribution is -0.170. The van der Waals surface area contributed by atoms with Gasteiger partial charge in [-0.1, -0.05) is 34.6 Å². The van der Waals surface area contributed by atoms with E-state index < -0.39 is 11.0 Å². The molecule has 2 aliphatic rings. The molecule has 2 rings (SSSR count). The molecule has 21 heavy (non-hydrogen) atoms. The largest absolute Gasteiger partial charge is 0.386 e. The standard InChI is InChI=1S/C16H28N2O3/c1-11(2)16(21)9-17(10-16)13(19)12-7-6-8-18(12)14(20)15(3,4)5/h11-12,21H,6-10H2,1-5H3. The van der Waals surface area contributed by atoms with Gasteiger partial charge in [0.2, 0.25) is 11.8 Å². The molecule has 0 saturated carbocycles. The van der Waals surface area contributed by atoms with Gasteiger partial charge in [-0.25, -0.2) is 0 Å². The highest BCUT2D eigenvalue weighted by Crippen LogP contribution is 2.32. The van der Waals surface area contributed by atoms with Crippen LogP contribution in [0.3, 0.4) is 0 Å². The molecule has 0 aromatic rings. The van der Waals surface area contributed by atoms with Crippen LogP contribution in [0.15, 0.2) is 0 Å². The Bertz CT molecular complexity index is 433. The summed E-state index contributed by atoms with van der Waals surface area (Å²) in [5, 5.41) is 10.3. The second-order valence-corrected chi connectivity index (χ2v) is 7.86. The zero-order chi connectivity index (χ0) is 16.0. The monoisotopic (exact) mass is 296 g/mol. The highest BCUT2D eigenvalue weighted by molar-refractivity contribution is 5.90. The van der Waals surface area contributed by atoms with Crippen LogP contribution in [0.2, 0.25) is 0 Å². The van der Waals surface area contributed by atoms with E-state index >= 15 is 0 Å². The average Bonchev–Trinajstić information content (AvgIpc) is 2.80. The van der Waals surface area contributed by atoms with E-state index in [0.29, 0.717) is 19.6 Å². The highest BCUT2D eigenvalue weighted by atomic mass is 16.3. The maximum absolute atomic E-state index is 12.6. The van der Waals surface area contributed by atoms with Crippen molar-refractivity contribution in [2.45, 2.75) is 59.1 Å². The van der Waals surface area contributed by atoms with Gasteiger partial charge in [0, 0.05) is 12.0 Å². The molecule has 2 amide bonds. The van der Waals surface area contributed by atoms with E-state index in [4.69, 9.17) is 0 Å². The van der Waals surface area contributed by atoms with Crippen LogP contribution in [0.5, 0.6) is 0 Å². The second-order valence-electron chi connectivity index (χ2n) is 7.86. The summed E-state index contributed by atoms with van der Waals surface area (Å²) in [6, 6.07) is -0.339. The van der Waals surface area contributed by atoms with Crippen LogP contribution >= 0.6 is 0 Å². The normalized spacial score (nSPS) is 25.2. The molecule has 2 saturated heterocycles. The van der Waals surface area contributed by atoms with Crippen molar-refractivity contribution in [1.82, 2.24) is 9.80 Å². The van der Waals surface area contributed by atoms with Crippen molar-refractivity contribution < 1.29 is 14.7 Å². The van der Waals surface area contributed by atoms with E-state index in [-0.39, 0.29) is 23.8 Å². The molecule has 5 heteroatoms. The Hall–Kier alpha value is -1.10. The molecule has 1 N–H and O–H groups in total. The molecule has 2 heterocycles. The Kier molecular flexibility index (Phi) is 4.08. The number of hydrogen-bond acceptors (Lipinski definition) is 3. The Morgan fingerprint density at radius 1 is 1.24 bits per heavy atom. The van der Waals surface area contributed by atoms with Crippen LogP contribution in [0, 0.1) is 11.3 Å². The zero-order valence-electron chi connectivity index (χ0n) is 13.8. The molecular formula is C16H28N2O3. The Morgan fingerprint density at radius 2 is 1.81 bits per heavy atom. The SMILES string of the molecule is CC(C)C1(O)CN(C(=O)C2CCCN2C(=O)C(C)(C)C)C1. The number of rotatable bonds is 2. The third-order valence-electron chi connectivity index (χ3n) is 4.76. The number of β-amino-alcohol motifs (C(OH)–C–C–N with tert-alkyl or cyclic N) is 1. The summed E-state index contributed by atoms with van der Waals surface area (Å²) in [5.74, 6) is 0.172. The number of carbonyl (C=O) groups is 2. The minimum absolute atomic E-state index is 0.00424. The fourth-order valence-corrected chi connectivity index (χ4v) is 3.04. The summed E-state index contributed by atoms with van der Waals surface area (Å²) in [7, 11) is 0. The van der Waals surface area contributed by atoms with E-state index in [1.165, 1.54) is 0 Å². The summed E-state index contributed by atoms with van der Waals surface area (Å²) >= 11 is 0. The third kappa shape index (κ3) is 2.93. The van der Waals surface area contributed by atoms with E-state index in [9.17, 15) is 14.7 Å². The van der Waals surface area contributed by atoms with Crippen LogP contribution in [-0.2, 0) is 9.59 Å². The molecule has 5 nitrogen and oxygen atoms in total. The average molecular weight is 296 g/mol. The number of aliphatic hydroxyl groups is 1. The van der Waals surface area contributed by atoms with Gasteiger partial charge >= 0.3 is 0 Å². The van der Waals surface area contributed by atoms with Gasteiger partial charge in [0.15, 0.2) is 0 Å². The molecule has 0 spiro atoms. The van der Waals surface area contributed by atoms with Gasteiger partial charge < -0.3 is 14.9 Å². The number of carbonyl (C=O) groups excluding carboxylic acids is 2. The molecule has 0 bridgehead atoms. The first-order valence-corrected chi connectivity index (χ1v) is 7.88. The van der Waals surface area contributed by atoms with Gasteiger partial charge in [0.25, 0.3) is 0 Å². The summed E-state index contributed by atoms with van der Waals surface area (Å²) in [5.41, 5.74) is -1.22. The first-order chi connectivity index (χ1) is 9.56. The minimum atomic E-state index is -0.757. The van der Waals surface area contributed by atoms with Crippen LogP contribution in [0.25, 0.3) is 0 Å². The van der Waals surface area contributed by atoms with Gasteiger partial charge in [-0.05, 0) is 18.8 Å². The quantitative estimate of drug-likeness (QED) is 0.834. The van der Waals surface area contributed by atoms with Crippen molar-refractivity contribution in [3.05, 3.63) is 0 Å². The summed E-state index contributed by atoms with van der Waals surface area (Å²) in [6.45, 7) is 11.0. The van der Waals surface area contributed by atoms with Crippen LogP contribution < -0.4 is 0 Å². The van der Waals surface area contributed by atoms with Crippen LogP contribution in [0.4, 0.5) is 0 Å². The van der Waals surface area contributed by atoms with Crippen molar-refractivity contribution >= 4 is 11.8 Å². The predicted molar refractivity (Wildman–Crippen MR) is 80.6 cm³/mol. The minimum Gasteiger partial charge on any atom is -0.386 e. The fraction of sp³-hybridized carbons (Fsp3) is 0.875. The lowest BCUT2D eigenvalue weighted by atomic mass is 9.82. The number of amides is 2. The molecule has 1 unspecified atom stereocenters. The maximum Gasteiger partial charge on any atom is 0.245 e. The van der Waals surface area contributed by atoms with Crippen LogP contribution in [0.1, 0.15) is 47.5 Å². The molecular weight excluding hydrogens is 268 g/mol. The summed E-state index contributed by atoms with van der Waals surface area (Å²) < 4.78 is 0. The Morgan fingerprint density at radius 3 is 2.29 bits per heavy atom. The van der Waals surface area contributed by atoms with Crippen molar-refractivity contribution in [2.75, 3.05) is 19.6 Å². The first kappa shape index (κ1) is 16.3. The van der Waals surface area contributed by atoms with Gasteiger partial charge in [-0.2, -0.15) is 0 Å². The van der Waals surface area contributed by atoms with Crippen molar-refractivity contribution in [3.63, 3.8) is 0 Å². The Labute approximate surface area is 127 Å². The number of nitrogens with zero attached hydrogens (tertiary/aromatic N) is 2. The maximum atomic E-state index is 12.6. The molecule has 1 atom stereocenters. The van der Waals surface area contributed by atoms with Gasteiger partial charge in [-0.3, -0.25) is 9.59 Å². The van der Waals surface area contributed by atoms with Crippen molar-refractivity contribution in [1.29, 1.82) is 0 Å². The second kappa shape index (κ2) is 5.27. The molecule has 0 radical (unpaired) electrons. The lowest BCUT2D eigenvalue weighted by Gasteiger charge is -2.50. The fourth-order valence-electron chi connectivity index (χ4n) is 3.04. The molecule has 0 aromatic carbocycles. The van der Waals surface area contributed by atoms with Crippen LogP contribution in [-0.4, -0.2) is 58.0 Å².